The fourth-order valence-electron chi connectivity index (χ4n) is 2.23. The smallest absolute Gasteiger partial charge is 0.184 e. The van der Waals surface area contributed by atoms with Crippen molar-refractivity contribution in [3.05, 3.63) is 23.8 Å². The summed E-state index contributed by atoms with van der Waals surface area (Å²) in [6, 6.07) is 2.83. The number of nitrogens with one attached hydrogen (secondary N) is 1. The Balaban J connectivity index is 1.90. The number of anilines is 1. The molecule has 2 aromatic rings. The van der Waals surface area contributed by atoms with Gasteiger partial charge in [-0.2, -0.15) is 0 Å². The molecule has 0 unspecified atom stereocenters. The fourth-order valence-corrected chi connectivity index (χ4v) is 3.18. The number of fused-ring (bicyclic) bond motifs is 1. The zero-order valence-corrected chi connectivity index (χ0v) is 9.99. The lowest BCUT2D eigenvalue weighted by Crippen LogP contribution is -2.13. The Morgan fingerprint density at radius 1 is 1.18 bits per heavy atom. The minimum atomic E-state index is -0.838. The van der Waals surface area contributed by atoms with Crippen LogP contribution in [0.4, 0.5) is 13.9 Å². The zero-order chi connectivity index (χ0) is 11.8. The summed E-state index contributed by atoms with van der Waals surface area (Å²) in [6.07, 6.45) is 4.79. The van der Waals surface area contributed by atoms with Crippen LogP contribution in [0.3, 0.4) is 0 Å². The summed E-state index contributed by atoms with van der Waals surface area (Å²) in [7, 11) is 0. The lowest BCUT2D eigenvalue weighted by Gasteiger charge is -2.09. The molecule has 0 spiro atoms. The summed E-state index contributed by atoms with van der Waals surface area (Å²) in [5.41, 5.74) is 0.523. The Bertz CT molecular complexity index is 508. The van der Waals surface area contributed by atoms with Gasteiger partial charge in [0, 0.05) is 12.1 Å². The van der Waals surface area contributed by atoms with Crippen molar-refractivity contribution in [2.75, 3.05) is 5.32 Å². The predicted octanol–water partition coefficient (Wildman–Crippen LogP) is 3.93. The molecular weight excluding hydrogens is 242 g/mol. The molecule has 2 nitrogen and oxygen atoms in total. The van der Waals surface area contributed by atoms with Crippen LogP contribution in [-0.4, -0.2) is 11.0 Å². The van der Waals surface area contributed by atoms with E-state index in [0.717, 1.165) is 24.0 Å². The van der Waals surface area contributed by atoms with Crippen LogP contribution in [0, 0.1) is 11.6 Å². The van der Waals surface area contributed by atoms with Gasteiger partial charge in [-0.05, 0) is 18.9 Å². The van der Waals surface area contributed by atoms with Crippen molar-refractivity contribution in [1.29, 1.82) is 0 Å². The molecule has 5 heteroatoms. The third-order valence-corrected chi connectivity index (χ3v) is 4.06. The van der Waals surface area contributed by atoms with Gasteiger partial charge in [-0.15, -0.1) is 0 Å². The van der Waals surface area contributed by atoms with Gasteiger partial charge < -0.3 is 5.32 Å². The lowest BCUT2D eigenvalue weighted by atomic mass is 10.3. The minimum Gasteiger partial charge on any atom is -0.359 e. The Morgan fingerprint density at radius 2 is 1.88 bits per heavy atom. The molecule has 0 bridgehead atoms. The van der Waals surface area contributed by atoms with Gasteiger partial charge in [0.25, 0.3) is 0 Å². The van der Waals surface area contributed by atoms with Crippen molar-refractivity contribution >= 4 is 26.7 Å². The molecule has 1 aliphatic rings. The highest BCUT2D eigenvalue weighted by atomic mass is 32.1. The second-order valence-electron chi connectivity index (χ2n) is 4.38. The maximum absolute atomic E-state index is 13.0. The Kier molecular flexibility index (Phi) is 2.70. The number of thiazole rings is 1. The van der Waals surface area contributed by atoms with Crippen molar-refractivity contribution in [2.24, 2.45) is 0 Å². The average Bonchev–Trinajstić information content (AvgIpc) is 2.89. The molecule has 17 heavy (non-hydrogen) atoms. The molecule has 0 radical (unpaired) electrons. The fraction of sp³-hybridized carbons (Fsp3) is 0.417. The first-order valence-electron chi connectivity index (χ1n) is 5.74. The lowest BCUT2D eigenvalue weighted by molar-refractivity contribution is 0.511. The first-order chi connectivity index (χ1) is 8.22. The van der Waals surface area contributed by atoms with Gasteiger partial charge in [-0.25, -0.2) is 13.8 Å². The molecule has 0 amide bonds. The van der Waals surface area contributed by atoms with Crippen LogP contribution in [0.15, 0.2) is 12.1 Å². The van der Waals surface area contributed by atoms with Gasteiger partial charge in [-0.1, -0.05) is 24.2 Å². The van der Waals surface area contributed by atoms with Gasteiger partial charge in [0.1, 0.15) is 0 Å². The van der Waals surface area contributed by atoms with Crippen molar-refractivity contribution in [1.82, 2.24) is 4.98 Å². The quantitative estimate of drug-likeness (QED) is 0.878. The number of halogens is 2. The highest BCUT2D eigenvalue weighted by Gasteiger charge is 2.16. The van der Waals surface area contributed by atoms with E-state index in [1.165, 1.54) is 30.2 Å². The summed E-state index contributed by atoms with van der Waals surface area (Å²) in [5, 5.41) is 4.09. The van der Waals surface area contributed by atoms with E-state index in [-0.39, 0.29) is 0 Å². The largest absolute Gasteiger partial charge is 0.359 e. The zero-order valence-electron chi connectivity index (χ0n) is 9.17. The Hall–Kier alpha value is -1.23. The number of hydrogen-bond acceptors (Lipinski definition) is 3. The Morgan fingerprint density at radius 3 is 2.65 bits per heavy atom. The first kappa shape index (κ1) is 10.9. The van der Waals surface area contributed by atoms with Crippen molar-refractivity contribution < 1.29 is 8.78 Å². The maximum Gasteiger partial charge on any atom is 0.184 e. The van der Waals surface area contributed by atoms with Crippen LogP contribution in [0.5, 0.6) is 0 Å². The van der Waals surface area contributed by atoms with Crippen LogP contribution in [0.25, 0.3) is 10.2 Å². The molecule has 1 aliphatic carbocycles. The molecule has 1 fully saturated rings. The van der Waals surface area contributed by atoms with Crippen LogP contribution < -0.4 is 5.32 Å². The molecule has 0 saturated heterocycles. The van der Waals surface area contributed by atoms with E-state index in [4.69, 9.17) is 0 Å². The van der Waals surface area contributed by atoms with Gasteiger partial charge in [0.15, 0.2) is 16.8 Å². The number of aromatic nitrogens is 1. The van der Waals surface area contributed by atoms with Crippen LogP contribution in [-0.2, 0) is 0 Å². The Labute approximate surface area is 102 Å². The van der Waals surface area contributed by atoms with Gasteiger partial charge in [-0.3, -0.25) is 0 Å². The van der Waals surface area contributed by atoms with Crippen LogP contribution in [0.1, 0.15) is 25.7 Å². The van der Waals surface area contributed by atoms with E-state index < -0.39 is 11.6 Å². The predicted molar refractivity (Wildman–Crippen MR) is 65.4 cm³/mol. The topological polar surface area (TPSA) is 24.9 Å². The van der Waals surface area contributed by atoms with Crippen molar-refractivity contribution in [3.63, 3.8) is 0 Å². The monoisotopic (exact) mass is 254 g/mol. The summed E-state index contributed by atoms with van der Waals surface area (Å²) in [6.45, 7) is 0. The number of hydrogen-bond donors (Lipinski definition) is 1. The number of nitrogens with zero attached hydrogens (tertiary/aromatic N) is 1. The van der Waals surface area contributed by atoms with Gasteiger partial charge >= 0.3 is 0 Å². The van der Waals surface area contributed by atoms with Crippen LogP contribution in [0.2, 0.25) is 0 Å². The molecule has 1 heterocycles. The van der Waals surface area contributed by atoms with E-state index in [0.29, 0.717) is 16.3 Å². The molecule has 90 valence electrons. The number of rotatable bonds is 2. The first-order valence-corrected chi connectivity index (χ1v) is 6.56. The molecule has 1 saturated carbocycles. The summed E-state index contributed by atoms with van der Waals surface area (Å²) >= 11 is 1.38. The number of benzene rings is 1. The standard InChI is InChI=1S/C12H12F2N2S/c13-8-5-10-11(6-9(8)14)17-12(16-10)15-7-3-1-2-4-7/h5-7H,1-4H2,(H,15,16). The van der Waals surface area contributed by atoms with Gasteiger partial charge in [0.2, 0.25) is 0 Å². The van der Waals surface area contributed by atoms with Gasteiger partial charge in [0.05, 0.1) is 10.2 Å². The highest BCUT2D eigenvalue weighted by Crippen LogP contribution is 2.30. The van der Waals surface area contributed by atoms with E-state index in [1.807, 2.05) is 0 Å². The third-order valence-electron chi connectivity index (χ3n) is 3.11. The molecule has 0 atom stereocenters. The summed E-state index contributed by atoms with van der Waals surface area (Å²) in [4.78, 5) is 4.28. The van der Waals surface area contributed by atoms with E-state index in [1.54, 1.807) is 0 Å². The van der Waals surface area contributed by atoms with E-state index in [9.17, 15) is 8.78 Å². The maximum atomic E-state index is 13.0. The minimum absolute atomic E-state index is 0.463. The second-order valence-corrected chi connectivity index (χ2v) is 5.41. The third kappa shape index (κ3) is 2.11. The normalized spacial score (nSPS) is 16.8. The van der Waals surface area contributed by atoms with E-state index >= 15 is 0 Å². The van der Waals surface area contributed by atoms with Crippen molar-refractivity contribution in [2.45, 2.75) is 31.7 Å². The van der Waals surface area contributed by atoms with E-state index in [2.05, 4.69) is 10.3 Å². The van der Waals surface area contributed by atoms with Crippen molar-refractivity contribution in [3.8, 4) is 0 Å². The SMILES string of the molecule is Fc1cc2nc(NC3CCCC3)sc2cc1F. The molecule has 1 aromatic carbocycles. The highest BCUT2D eigenvalue weighted by molar-refractivity contribution is 7.22. The molecule has 1 N–H and O–H groups in total. The summed E-state index contributed by atoms with van der Waals surface area (Å²) < 4.78 is 26.8. The summed E-state index contributed by atoms with van der Waals surface area (Å²) in [5.74, 6) is -1.65. The molecule has 0 aliphatic heterocycles. The molecule has 1 aromatic heterocycles. The second kappa shape index (κ2) is 4.22. The van der Waals surface area contributed by atoms with Crippen LogP contribution >= 0.6 is 11.3 Å². The average molecular weight is 254 g/mol. The molecular formula is C12H12F2N2S. The molecule has 3 rings (SSSR count).